The summed E-state index contributed by atoms with van der Waals surface area (Å²) in [5, 5.41) is -0.636. The molecule has 0 spiro atoms. The third-order valence-corrected chi connectivity index (χ3v) is 1.95. The summed E-state index contributed by atoms with van der Waals surface area (Å²) in [4.78, 5) is 14.1. The fourth-order valence-electron chi connectivity index (χ4n) is 0.620. The minimum atomic E-state index is -0.636. The molecule has 0 aromatic carbocycles. The van der Waals surface area contributed by atoms with Crippen LogP contribution in [0.2, 0.25) is 0 Å². The average molecular weight is 234 g/mol. The lowest BCUT2D eigenvalue weighted by molar-refractivity contribution is -0.107. The number of pyridine rings is 1. The van der Waals surface area contributed by atoms with Crippen LogP contribution in [0.4, 0.5) is 0 Å². The van der Waals surface area contributed by atoms with E-state index in [2.05, 4.69) is 20.9 Å². The summed E-state index contributed by atoms with van der Waals surface area (Å²) in [6.07, 6.45) is 2.26. The lowest BCUT2D eigenvalue weighted by Gasteiger charge is -1.98. The van der Waals surface area contributed by atoms with Gasteiger partial charge in [-0.2, -0.15) is 0 Å². The van der Waals surface area contributed by atoms with Gasteiger partial charge in [-0.3, -0.25) is 4.98 Å². The number of carbonyl (C=O) groups excluding carboxylic acids is 1. The minimum absolute atomic E-state index is 0.574. The van der Waals surface area contributed by atoms with Crippen molar-refractivity contribution in [3.63, 3.8) is 0 Å². The molecule has 1 aromatic rings. The van der Waals surface area contributed by atoms with Crippen LogP contribution in [0.1, 0.15) is 11.1 Å². The van der Waals surface area contributed by atoms with Crippen molar-refractivity contribution in [3.8, 4) is 0 Å². The first-order chi connectivity index (χ1) is 5.24. The van der Waals surface area contributed by atoms with Gasteiger partial charge in [0, 0.05) is 10.7 Å². The van der Waals surface area contributed by atoms with Crippen LogP contribution in [0, 0.1) is 0 Å². The molecule has 1 aromatic heterocycles. The van der Waals surface area contributed by atoms with Gasteiger partial charge in [-0.15, -0.1) is 11.6 Å². The summed E-state index contributed by atoms with van der Waals surface area (Å²) >= 11 is 8.82. The molecule has 0 saturated carbocycles. The number of hydrogen-bond donors (Lipinski definition) is 0. The maximum absolute atomic E-state index is 10.2. The fraction of sp³-hybridized carbons (Fsp3) is 0.143. The fourth-order valence-corrected chi connectivity index (χ4v) is 0.984. The number of alkyl halides is 1. The van der Waals surface area contributed by atoms with Crippen LogP contribution < -0.4 is 0 Å². The van der Waals surface area contributed by atoms with E-state index >= 15 is 0 Å². The number of aldehydes is 1. The van der Waals surface area contributed by atoms with Gasteiger partial charge in [0.2, 0.25) is 0 Å². The Labute approximate surface area is 77.7 Å². The summed E-state index contributed by atoms with van der Waals surface area (Å²) < 4.78 is 0.871. The maximum Gasteiger partial charge on any atom is 0.143 e. The predicted molar refractivity (Wildman–Crippen MR) is 46.6 cm³/mol. The lowest BCUT2D eigenvalue weighted by Crippen LogP contribution is -1.93. The maximum atomic E-state index is 10.2. The highest BCUT2D eigenvalue weighted by Gasteiger charge is 2.05. The van der Waals surface area contributed by atoms with Crippen LogP contribution in [0.5, 0.6) is 0 Å². The molecule has 0 aliphatic carbocycles. The average Bonchev–Trinajstić information content (AvgIpc) is 2.05. The van der Waals surface area contributed by atoms with Crippen molar-refractivity contribution in [2.24, 2.45) is 0 Å². The molecule has 1 heterocycles. The van der Waals surface area contributed by atoms with E-state index < -0.39 is 5.38 Å². The van der Waals surface area contributed by atoms with E-state index in [1.165, 1.54) is 0 Å². The van der Waals surface area contributed by atoms with Gasteiger partial charge in [0.05, 0.1) is 5.69 Å². The van der Waals surface area contributed by atoms with Crippen molar-refractivity contribution < 1.29 is 4.79 Å². The zero-order chi connectivity index (χ0) is 8.27. The Morgan fingerprint density at radius 2 is 2.36 bits per heavy atom. The largest absolute Gasteiger partial charge is 0.301 e. The number of carbonyl (C=O) groups is 1. The van der Waals surface area contributed by atoms with Gasteiger partial charge < -0.3 is 4.79 Å². The van der Waals surface area contributed by atoms with E-state index in [1.54, 1.807) is 18.3 Å². The first-order valence-electron chi connectivity index (χ1n) is 2.95. The molecule has 2 nitrogen and oxygen atoms in total. The third-order valence-electron chi connectivity index (χ3n) is 1.15. The van der Waals surface area contributed by atoms with E-state index in [-0.39, 0.29) is 0 Å². The molecule has 0 amide bonds. The van der Waals surface area contributed by atoms with Gasteiger partial charge in [-0.25, -0.2) is 0 Å². The van der Waals surface area contributed by atoms with Gasteiger partial charge >= 0.3 is 0 Å². The van der Waals surface area contributed by atoms with Crippen LogP contribution in [0.15, 0.2) is 22.8 Å². The van der Waals surface area contributed by atoms with Gasteiger partial charge in [0.1, 0.15) is 11.7 Å². The summed E-state index contributed by atoms with van der Waals surface area (Å²) in [6, 6.07) is 3.50. The smallest absolute Gasteiger partial charge is 0.143 e. The molecule has 0 saturated heterocycles. The Hall–Kier alpha value is -0.410. The van der Waals surface area contributed by atoms with Gasteiger partial charge in [0.15, 0.2) is 0 Å². The number of nitrogens with zero attached hydrogens (tertiary/aromatic N) is 1. The highest BCUT2D eigenvalue weighted by atomic mass is 79.9. The molecule has 4 heteroatoms. The zero-order valence-corrected chi connectivity index (χ0v) is 7.84. The highest BCUT2D eigenvalue weighted by molar-refractivity contribution is 9.10. The second-order valence-electron chi connectivity index (χ2n) is 1.94. The van der Waals surface area contributed by atoms with Crippen molar-refractivity contribution in [3.05, 3.63) is 28.5 Å². The molecule has 0 radical (unpaired) electrons. The van der Waals surface area contributed by atoms with Gasteiger partial charge in [0.25, 0.3) is 0 Å². The molecule has 0 aliphatic rings. The highest BCUT2D eigenvalue weighted by Crippen LogP contribution is 2.16. The summed E-state index contributed by atoms with van der Waals surface area (Å²) in [5.74, 6) is 0. The van der Waals surface area contributed by atoms with Crippen LogP contribution >= 0.6 is 27.5 Å². The zero-order valence-electron chi connectivity index (χ0n) is 5.50. The van der Waals surface area contributed by atoms with Crippen molar-refractivity contribution in [2.45, 2.75) is 5.38 Å². The molecule has 58 valence electrons. The van der Waals surface area contributed by atoms with Crippen molar-refractivity contribution in [1.82, 2.24) is 4.98 Å². The van der Waals surface area contributed by atoms with Crippen LogP contribution in [0.3, 0.4) is 0 Å². The number of halogens is 2. The Morgan fingerprint density at radius 1 is 1.64 bits per heavy atom. The number of hydrogen-bond acceptors (Lipinski definition) is 2. The van der Waals surface area contributed by atoms with E-state index in [9.17, 15) is 4.79 Å². The molecular formula is C7H5BrClNO. The summed E-state index contributed by atoms with van der Waals surface area (Å²) in [5.41, 5.74) is 0.574. The van der Waals surface area contributed by atoms with Crippen molar-refractivity contribution in [2.75, 3.05) is 0 Å². The Kier molecular flexibility index (Phi) is 3.02. The quantitative estimate of drug-likeness (QED) is 0.581. The van der Waals surface area contributed by atoms with E-state index in [0.717, 1.165) is 4.47 Å². The second-order valence-corrected chi connectivity index (χ2v) is 3.32. The topological polar surface area (TPSA) is 30.0 Å². The van der Waals surface area contributed by atoms with Crippen molar-refractivity contribution >= 4 is 33.8 Å². The standard InChI is InChI=1S/C7H5BrClNO/c8-5-1-2-7(10-3-5)6(9)4-11/h1-4,6H. The Balaban J connectivity index is 2.89. The monoisotopic (exact) mass is 233 g/mol. The molecule has 0 aliphatic heterocycles. The SMILES string of the molecule is O=CC(Cl)c1ccc(Br)cn1. The van der Waals surface area contributed by atoms with Crippen LogP contribution in [-0.2, 0) is 4.79 Å². The molecule has 1 atom stereocenters. The van der Waals surface area contributed by atoms with E-state index in [4.69, 9.17) is 11.6 Å². The molecule has 1 rings (SSSR count). The lowest BCUT2D eigenvalue weighted by atomic mass is 10.3. The van der Waals surface area contributed by atoms with Gasteiger partial charge in [-0.1, -0.05) is 0 Å². The van der Waals surface area contributed by atoms with Crippen LogP contribution in [-0.4, -0.2) is 11.3 Å². The Morgan fingerprint density at radius 3 is 2.82 bits per heavy atom. The van der Waals surface area contributed by atoms with Gasteiger partial charge in [-0.05, 0) is 28.1 Å². The number of aromatic nitrogens is 1. The molecule has 0 N–H and O–H groups in total. The van der Waals surface area contributed by atoms with E-state index in [1.807, 2.05) is 0 Å². The molecule has 11 heavy (non-hydrogen) atoms. The molecule has 0 fully saturated rings. The summed E-state index contributed by atoms with van der Waals surface area (Å²) in [6.45, 7) is 0. The molecule has 1 unspecified atom stereocenters. The number of rotatable bonds is 2. The summed E-state index contributed by atoms with van der Waals surface area (Å²) in [7, 11) is 0. The predicted octanol–water partition coefficient (Wildman–Crippen LogP) is 2.32. The van der Waals surface area contributed by atoms with Crippen molar-refractivity contribution in [1.29, 1.82) is 0 Å². The molecule has 0 bridgehead atoms. The molecular weight excluding hydrogens is 229 g/mol. The normalized spacial score (nSPS) is 12.5. The van der Waals surface area contributed by atoms with E-state index in [0.29, 0.717) is 12.0 Å². The first kappa shape index (κ1) is 8.68. The first-order valence-corrected chi connectivity index (χ1v) is 4.18. The van der Waals surface area contributed by atoms with Crippen LogP contribution in [0.25, 0.3) is 0 Å². The second kappa shape index (κ2) is 3.83. The Bertz CT molecular complexity index is 249. The third kappa shape index (κ3) is 2.27. The minimum Gasteiger partial charge on any atom is -0.301 e.